The Bertz CT molecular complexity index is 1410. The van der Waals surface area contributed by atoms with Crippen LogP contribution in [0.4, 0.5) is 23.2 Å². The molecule has 1 fully saturated rings. The number of alkyl halides is 3. The third-order valence-corrected chi connectivity index (χ3v) is 7.65. The maximum absolute atomic E-state index is 15.3. The summed E-state index contributed by atoms with van der Waals surface area (Å²) in [5.41, 5.74) is 8.82. The summed E-state index contributed by atoms with van der Waals surface area (Å²) in [6.07, 6.45) is -0.0867. The molecule has 2 aliphatic rings. The average Bonchev–Trinajstić information content (AvgIpc) is 3.09. The van der Waals surface area contributed by atoms with Gasteiger partial charge in [0.25, 0.3) is 5.91 Å². The van der Waals surface area contributed by atoms with E-state index in [1.54, 1.807) is 4.90 Å². The predicted molar refractivity (Wildman–Crippen MR) is 134 cm³/mol. The Morgan fingerprint density at radius 1 is 1.18 bits per heavy atom. The number of aromatic nitrogens is 2. The molecule has 3 aromatic rings. The van der Waals surface area contributed by atoms with Gasteiger partial charge in [0.05, 0.1) is 24.8 Å². The minimum Gasteiger partial charge on any atom is -0.469 e. The maximum atomic E-state index is 15.3. The smallest absolute Gasteiger partial charge is 0.469 e. The van der Waals surface area contributed by atoms with E-state index in [4.69, 9.17) is 10.5 Å². The van der Waals surface area contributed by atoms with Crippen molar-refractivity contribution in [1.82, 2.24) is 14.9 Å². The molecule has 39 heavy (non-hydrogen) atoms. The highest BCUT2D eigenvalue weighted by molar-refractivity contribution is 5.99. The molecule has 1 aliphatic carbocycles. The minimum absolute atomic E-state index is 0.0802. The number of esters is 1. The Balaban J connectivity index is 1.35. The van der Waals surface area contributed by atoms with Crippen molar-refractivity contribution in [3.63, 3.8) is 0 Å². The number of rotatable bonds is 4. The van der Waals surface area contributed by atoms with Crippen molar-refractivity contribution in [2.45, 2.75) is 50.8 Å². The second-order valence-corrected chi connectivity index (χ2v) is 10.0. The van der Waals surface area contributed by atoms with Crippen LogP contribution in [0.15, 0.2) is 24.4 Å². The number of piperidine rings is 1. The van der Waals surface area contributed by atoms with Crippen LogP contribution in [-0.4, -0.2) is 53.3 Å². The molecule has 1 aliphatic heterocycles. The van der Waals surface area contributed by atoms with Crippen LogP contribution in [-0.2, 0) is 22.4 Å². The van der Waals surface area contributed by atoms with Crippen molar-refractivity contribution in [1.29, 1.82) is 0 Å². The van der Waals surface area contributed by atoms with Gasteiger partial charge in [-0.25, -0.2) is 9.37 Å². The highest BCUT2D eigenvalue weighted by atomic mass is 19.4. The number of hydrogen-bond donors (Lipinski definition) is 2. The number of carbonyl (C=O) groups excluding carboxylic acids is 2. The van der Waals surface area contributed by atoms with Crippen LogP contribution >= 0.6 is 0 Å². The molecule has 3 heterocycles. The van der Waals surface area contributed by atoms with Crippen LogP contribution in [0.5, 0.6) is 5.75 Å². The van der Waals surface area contributed by atoms with E-state index in [1.165, 1.54) is 19.4 Å². The van der Waals surface area contributed by atoms with E-state index in [0.717, 1.165) is 35.2 Å². The third kappa shape index (κ3) is 5.37. The van der Waals surface area contributed by atoms with Gasteiger partial charge < -0.3 is 25.1 Å². The van der Waals surface area contributed by atoms with Gasteiger partial charge in [0, 0.05) is 47.9 Å². The zero-order valence-corrected chi connectivity index (χ0v) is 21.2. The van der Waals surface area contributed by atoms with Gasteiger partial charge in [-0.15, -0.1) is 13.2 Å². The quantitative estimate of drug-likeness (QED) is 0.208. The van der Waals surface area contributed by atoms with Crippen molar-refractivity contribution in [2.24, 2.45) is 5.92 Å². The summed E-state index contributed by atoms with van der Waals surface area (Å²) in [6, 6.07) is 3.24. The van der Waals surface area contributed by atoms with E-state index in [0.29, 0.717) is 56.4 Å². The van der Waals surface area contributed by atoms with Crippen LogP contribution in [0.2, 0.25) is 0 Å². The second kappa shape index (κ2) is 10.4. The Hall–Kier alpha value is -3.83. The number of methoxy groups -OCH3 is 1. The molecular formula is C27H28F4N4O4. The number of nitrogens with one attached hydrogen (secondary N) is 1. The Labute approximate surface area is 221 Å². The molecule has 12 heteroatoms. The first-order valence-electron chi connectivity index (χ1n) is 12.8. The third-order valence-electron chi connectivity index (χ3n) is 7.65. The first-order valence-corrected chi connectivity index (χ1v) is 12.8. The number of pyridine rings is 1. The van der Waals surface area contributed by atoms with E-state index < -0.39 is 23.8 Å². The molecule has 5 rings (SSSR count). The number of nitrogens with zero attached hydrogens (tertiary/aromatic N) is 2. The van der Waals surface area contributed by atoms with Gasteiger partial charge in [-0.1, -0.05) is 0 Å². The number of hydrogen-bond acceptors (Lipinski definition) is 6. The van der Waals surface area contributed by atoms with Crippen LogP contribution < -0.4 is 10.5 Å². The number of ether oxygens (including phenoxy) is 2. The van der Waals surface area contributed by atoms with Crippen molar-refractivity contribution in [3.8, 4) is 5.75 Å². The number of nitrogens with two attached hydrogens (primary N) is 1. The number of halogens is 4. The highest BCUT2D eigenvalue weighted by Gasteiger charge is 2.33. The SMILES string of the molecule is COC(=O)[C@H]1CCCc2c([nH]c3ncc(F)c(C4CCN(C(=O)c5ccc(OC(F)(F)F)cc5N)CC4)c23)C1. The van der Waals surface area contributed by atoms with E-state index in [2.05, 4.69) is 14.7 Å². The lowest BCUT2D eigenvalue weighted by atomic mass is 9.86. The summed E-state index contributed by atoms with van der Waals surface area (Å²) in [5.74, 6) is -2.02. The molecule has 0 bridgehead atoms. The normalized spacial score (nSPS) is 18.5. The minimum atomic E-state index is -4.87. The molecule has 0 radical (unpaired) electrons. The van der Waals surface area contributed by atoms with E-state index in [-0.39, 0.29) is 29.1 Å². The van der Waals surface area contributed by atoms with E-state index >= 15 is 4.39 Å². The van der Waals surface area contributed by atoms with Gasteiger partial charge in [0.1, 0.15) is 17.2 Å². The lowest BCUT2D eigenvalue weighted by molar-refractivity contribution is -0.274. The fourth-order valence-corrected chi connectivity index (χ4v) is 5.84. The lowest BCUT2D eigenvalue weighted by Crippen LogP contribution is -2.38. The van der Waals surface area contributed by atoms with Gasteiger partial charge in [-0.2, -0.15) is 0 Å². The number of carbonyl (C=O) groups is 2. The zero-order valence-electron chi connectivity index (χ0n) is 21.2. The van der Waals surface area contributed by atoms with Crippen LogP contribution in [0.25, 0.3) is 11.0 Å². The molecule has 208 valence electrons. The standard InChI is InChI=1S/C27H28F4N4O4/c1-38-26(37)15-3-2-4-18-21(11-15)34-24-23(18)22(19(28)13-33-24)14-7-9-35(10-8-14)25(36)17-6-5-16(12-20(17)32)39-27(29,30)31/h5-6,12-15H,2-4,7-11,32H2,1H3,(H,33,34)/t15-/m0/s1. The molecule has 1 aromatic carbocycles. The maximum Gasteiger partial charge on any atom is 0.573 e. The lowest BCUT2D eigenvalue weighted by Gasteiger charge is -2.33. The Morgan fingerprint density at radius 3 is 2.59 bits per heavy atom. The van der Waals surface area contributed by atoms with Gasteiger partial charge in [-0.05, 0) is 55.7 Å². The van der Waals surface area contributed by atoms with Crippen LogP contribution in [0, 0.1) is 11.7 Å². The van der Waals surface area contributed by atoms with Gasteiger partial charge in [-0.3, -0.25) is 9.59 Å². The number of nitrogen functional groups attached to an aromatic ring is 1. The molecule has 1 saturated heterocycles. The molecule has 0 saturated carbocycles. The number of anilines is 1. The van der Waals surface area contributed by atoms with Crippen LogP contribution in [0.3, 0.4) is 0 Å². The van der Waals surface area contributed by atoms with Crippen molar-refractivity contribution in [2.75, 3.05) is 25.9 Å². The van der Waals surface area contributed by atoms with E-state index in [9.17, 15) is 22.8 Å². The van der Waals surface area contributed by atoms with Gasteiger partial charge >= 0.3 is 12.3 Å². The fraction of sp³-hybridized carbons (Fsp3) is 0.444. The molecule has 0 spiro atoms. The van der Waals surface area contributed by atoms with Crippen molar-refractivity contribution < 1.29 is 36.6 Å². The number of amides is 1. The first kappa shape index (κ1) is 26.8. The topological polar surface area (TPSA) is 111 Å². The molecule has 0 unspecified atom stereocenters. The number of aromatic amines is 1. The average molecular weight is 549 g/mol. The summed E-state index contributed by atoms with van der Waals surface area (Å²) in [5, 5.41) is 0.754. The summed E-state index contributed by atoms with van der Waals surface area (Å²) in [6.45, 7) is 0.647. The summed E-state index contributed by atoms with van der Waals surface area (Å²) < 4.78 is 61.6. The zero-order chi connectivity index (χ0) is 27.9. The largest absolute Gasteiger partial charge is 0.573 e. The summed E-state index contributed by atoms with van der Waals surface area (Å²) in [4.78, 5) is 34.4. The van der Waals surface area contributed by atoms with Crippen molar-refractivity contribution >= 4 is 28.6 Å². The summed E-state index contributed by atoms with van der Waals surface area (Å²) in [7, 11) is 1.37. The predicted octanol–water partition coefficient (Wildman–Crippen LogP) is 4.87. The Morgan fingerprint density at radius 2 is 1.92 bits per heavy atom. The molecular weight excluding hydrogens is 520 g/mol. The number of fused-ring (bicyclic) bond motifs is 3. The fourth-order valence-electron chi connectivity index (χ4n) is 5.84. The molecule has 1 amide bonds. The van der Waals surface area contributed by atoms with Crippen LogP contribution in [0.1, 0.15) is 58.8 Å². The van der Waals surface area contributed by atoms with E-state index in [1.807, 2.05) is 0 Å². The monoisotopic (exact) mass is 548 g/mol. The van der Waals surface area contributed by atoms with Gasteiger partial charge in [0.15, 0.2) is 0 Å². The molecule has 1 atom stereocenters. The second-order valence-electron chi connectivity index (χ2n) is 10.0. The molecule has 8 nitrogen and oxygen atoms in total. The van der Waals surface area contributed by atoms with Gasteiger partial charge in [0.2, 0.25) is 0 Å². The number of benzene rings is 1. The summed E-state index contributed by atoms with van der Waals surface area (Å²) >= 11 is 0. The highest BCUT2D eigenvalue weighted by Crippen LogP contribution is 2.39. The number of likely N-dealkylation sites (tertiary alicyclic amines) is 1. The molecule has 3 N–H and O–H groups in total. The molecule has 2 aromatic heterocycles. The van der Waals surface area contributed by atoms with Crippen molar-refractivity contribution in [3.05, 3.63) is 52.6 Å². The number of aryl methyl sites for hydroxylation is 1. The number of H-pyrrole nitrogens is 1. The Kier molecular flexibility index (Phi) is 7.13. The first-order chi connectivity index (χ1) is 18.6.